The van der Waals surface area contributed by atoms with Gasteiger partial charge in [0.25, 0.3) is 0 Å². The van der Waals surface area contributed by atoms with Crippen LogP contribution in [0.15, 0.2) is 48.8 Å². The van der Waals surface area contributed by atoms with Crippen molar-refractivity contribution in [2.45, 2.75) is 12.8 Å². The largest absolute Gasteiger partial charge is 0.478 e. The molecule has 3 aromatic rings. The number of carbonyl (C=O) groups is 1. The van der Waals surface area contributed by atoms with E-state index in [4.69, 9.17) is 5.11 Å². The molecule has 2 heterocycles. The van der Waals surface area contributed by atoms with Crippen molar-refractivity contribution in [3.05, 3.63) is 71.6 Å². The Morgan fingerprint density at radius 1 is 1.17 bits per heavy atom. The van der Waals surface area contributed by atoms with E-state index in [2.05, 4.69) is 15.0 Å². The topological polar surface area (TPSA) is 78.9 Å². The van der Waals surface area contributed by atoms with Gasteiger partial charge in [-0.25, -0.2) is 14.2 Å². The number of nitrogens with one attached hydrogen (secondary N) is 1. The maximum Gasteiger partial charge on any atom is 0.335 e. The second-order valence-electron chi connectivity index (χ2n) is 5.07. The fourth-order valence-electron chi connectivity index (χ4n) is 2.28. The Bertz CT molecular complexity index is 845. The van der Waals surface area contributed by atoms with E-state index in [9.17, 15) is 9.18 Å². The summed E-state index contributed by atoms with van der Waals surface area (Å²) in [4.78, 5) is 22.5. The number of halogens is 1. The van der Waals surface area contributed by atoms with E-state index in [1.165, 1.54) is 24.4 Å². The molecule has 0 radical (unpaired) electrons. The lowest BCUT2D eigenvalue weighted by atomic mass is 10.1. The number of imidazole rings is 1. The lowest BCUT2D eigenvalue weighted by molar-refractivity contribution is 0.0697. The minimum absolute atomic E-state index is 0.164. The molecule has 23 heavy (non-hydrogen) atoms. The lowest BCUT2D eigenvalue weighted by Crippen LogP contribution is -1.98. The molecular weight excluding hydrogens is 297 g/mol. The van der Waals surface area contributed by atoms with Gasteiger partial charge in [0, 0.05) is 12.6 Å². The third kappa shape index (κ3) is 3.42. The van der Waals surface area contributed by atoms with Crippen molar-refractivity contribution in [3.63, 3.8) is 0 Å². The Balaban J connectivity index is 1.74. The van der Waals surface area contributed by atoms with E-state index in [0.717, 1.165) is 0 Å². The molecule has 0 saturated carbocycles. The Labute approximate surface area is 131 Å². The zero-order chi connectivity index (χ0) is 16.2. The molecule has 0 amide bonds. The Morgan fingerprint density at radius 2 is 2.00 bits per heavy atom. The smallest absolute Gasteiger partial charge is 0.335 e. The molecule has 3 rings (SSSR count). The van der Waals surface area contributed by atoms with E-state index in [1.54, 1.807) is 24.4 Å². The molecule has 0 aliphatic rings. The fraction of sp³-hybridized carbons (Fsp3) is 0.118. The van der Waals surface area contributed by atoms with Gasteiger partial charge in [0.15, 0.2) is 0 Å². The molecule has 1 aromatic carbocycles. The number of rotatable bonds is 5. The highest BCUT2D eigenvalue weighted by atomic mass is 19.1. The molecular formula is C17H14FN3O2. The maximum absolute atomic E-state index is 13.6. The molecule has 2 aromatic heterocycles. The highest BCUT2D eigenvalue weighted by Gasteiger charge is 2.09. The second-order valence-corrected chi connectivity index (χ2v) is 5.07. The molecule has 2 N–H and O–H groups in total. The van der Waals surface area contributed by atoms with Crippen LogP contribution in [0.3, 0.4) is 0 Å². The van der Waals surface area contributed by atoms with Crippen molar-refractivity contribution in [1.29, 1.82) is 0 Å². The number of benzene rings is 1. The molecule has 6 heteroatoms. The van der Waals surface area contributed by atoms with Crippen LogP contribution in [0.4, 0.5) is 4.39 Å². The van der Waals surface area contributed by atoms with E-state index in [1.807, 2.05) is 0 Å². The van der Waals surface area contributed by atoms with E-state index < -0.39 is 5.97 Å². The number of H-pyrrole nitrogens is 1. The van der Waals surface area contributed by atoms with Gasteiger partial charge in [0.05, 0.1) is 23.1 Å². The third-order valence-electron chi connectivity index (χ3n) is 3.50. The zero-order valence-corrected chi connectivity index (χ0v) is 12.2. The van der Waals surface area contributed by atoms with Gasteiger partial charge < -0.3 is 10.1 Å². The summed E-state index contributed by atoms with van der Waals surface area (Å²) in [5, 5.41) is 9.01. The average Bonchev–Trinajstić information content (AvgIpc) is 3.03. The van der Waals surface area contributed by atoms with Crippen LogP contribution in [0.25, 0.3) is 11.4 Å². The number of pyridine rings is 1. The first kappa shape index (κ1) is 14.9. The molecule has 0 fully saturated rings. The van der Waals surface area contributed by atoms with Crippen LogP contribution >= 0.6 is 0 Å². The molecule has 0 bridgehead atoms. The van der Waals surface area contributed by atoms with Crippen molar-refractivity contribution in [2.75, 3.05) is 0 Å². The normalized spacial score (nSPS) is 10.7. The summed E-state index contributed by atoms with van der Waals surface area (Å²) >= 11 is 0. The van der Waals surface area contributed by atoms with Gasteiger partial charge in [0.1, 0.15) is 11.6 Å². The summed E-state index contributed by atoms with van der Waals surface area (Å²) in [5.41, 5.74) is 1.94. The minimum atomic E-state index is -1.01. The molecule has 116 valence electrons. The Hall–Kier alpha value is -3.02. The standard InChI is InChI=1S/C17H14FN3O2/c18-13-4-2-1-3-11(13)5-6-16-20-10-15(21-16)14-9-12(17(22)23)7-8-19-14/h1-4,7-10H,5-6H2,(H,20,21)(H,22,23). The highest BCUT2D eigenvalue weighted by Crippen LogP contribution is 2.17. The predicted octanol–water partition coefficient (Wildman–Crippen LogP) is 3.09. The van der Waals surface area contributed by atoms with Crippen LogP contribution in [0.5, 0.6) is 0 Å². The summed E-state index contributed by atoms with van der Waals surface area (Å²) < 4.78 is 13.6. The number of aromatic carboxylic acids is 1. The van der Waals surface area contributed by atoms with Crippen molar-refractivity contribution in [3.8, 4) is 11.4 Å². The summed E-state index contributed by atoms with van der Waals surface area (Å²) in [6.07, 6.45) is 4.13. The first-order chi connectivity index (χ1) is 11.1. The van der Waals surface area contributed by atoms with Crippen LogP contribution in [-0.2, 0) is 12.8 Å². The number of hydrogen-bond acceptors (Lipinski definition) is 3. The van der Waals surface area contributed by atoms with Crippen molar-refractivity contribution < 1.29 is 14.3 Å². The lowest BCUT2D eigenvalue weighted by Gasteiger charge is -2.01. The summed E-state index contributed by atoms with van der Waals surface area (Å²) in [7, 11) is 0. The van der Waals surface area contributed by atoms with Crippen LogP contribution in [-0.4, -0.2) is 26.0 Å². The average molecular weight is 311 g/mol. The molecule has 0 atom stereocenters. The highest BCUT2D eigenvalue weighted by molar-refractivity contribution is 5.88. The van der Waals surface area contributed by atoms with Gasteiger partial charge in [-0.3, -0.25) is 4.98 Å². The number of aromatic amines is 1. The molecule has 0 unspecified atom stereocenters. The van der Waals surface area contributed by atoms with Crippen molar-refractivity contribution in [1.82, 2.24) is 15.0 Å². The Morgan fingerprint density at radius 3 is 2.78 bits per heavy atom. The first-order valence-corrected chi connectivity index (χ1v) is 7.10. The first-order valence-electron chi connectivity index (χ1n) is 7.10. The van der Waals surface area contributed by atoms with Gasteiger partial charge >= 0.3 is 5.97 Å². The van der Waals surface area contributed by atoms with Gasteiger partial charge in [-0.05, 0) is 30.2 Å². The SMILES string of the molecule is O=C(O)c1ccnc(-c2cnc(CCc3ccccc3F)[nH]2)c1. The van der Waals surface area contributed by atoms with Crippen LogP contribution in [0, 0.1) is 5.82 Å². The number of carboxylic acids is 1. The minimum Gasteiger partial charge on any atom is -0.478 e. The van der Waals surface area contributed by atoms with E-state index in [-0.39, 0.29) is 11.4 Å². The summed E-state index contributed by atoms with van der Waals surface area (Å²) in [6.45, 7) is 0. The molecule has 5 nitrogen and oxygen atoms in total. The fourth-order valence-corrected chi connectivity index (χ4v) is 2.28. The summed E-state index contributed by atoms with van der Waals surface area (Å²) in [5.74, 6) is -0.533. The molecule has 0 aliphatic carbocycles. The van der Waals surface area contributed by atoms with Gasteiger partial charge in [-0.1, -0.05) is 18.2 Å². The molecule has 0 aliphatic heterocycles. The number of aryl methyl sites for hydroxylation is 2. The molecule has 0 saturated heterocycles. The van der Waals surface area contributed by atoms with Gasteiger partial charge in [0.2, 0.25) is 0 Å². The van der Waals surface area contributed by atoms with Crippen LogP contribution in [0.2, 0.25) is 0 Å². The Kier molecular flexibility index (Phi) is 4.14. The predicted molar refractivity (Wildman–Crippen MR) is 82.6 cm³/mol. The number of aromatic nitrogens is 3. The number of carboxylic acid groups (broad SMARTS) is 1. The van der Waals surface area contributed by atoms with Crippen molar-refractivity contribution >= 4 is 5.97 Å². The maximum atomic E-state index is 13.6. The zero-order valence-electron chi connectivity index (χ0n) is 12.2. The van der Waals surface area contributed by atoms with E-state index in [0.29, 0.717) is 35.6 Å². The number of nitrogens with zero attached hydrogens (tertiary/aromatic N) is 2. The van der Waals surface area contributed by atoms with Crippen LogP contribution < -0.4 is 0 Å². The quantitative estimate of drug-likeness (QED) is 0.759. The van der Waals surface area contributed by atoms with Gasteiger partial charge in [-0.15, -0.1) is 0 Å². The van der Waals surface area contributed by atoms with Crippen LogP contribution in [0.1, 0.15) is 21.7 Å². The van der Waals surface area contributed by atoms with E-state index >= 15 is 0 Å². The van der Waals surface area contributed by atoms with Crippen molar-refractivity contribution in [2.24, 2.45) is 0 Å². The third-order valence-corrected chi connectivity index (χ3v) is 3.50. The second kappa shape index (κ2) is 6.39. The number of hydrogen-bond donors (Lipinski definition) is 2. The monoisotopic (exact) mass is 311 g/mol. The van der Waals surface area contributed by atoms with Gasteiger partial charge in [-0.2, -0.15) is 0 Å². The summed E-state index contributed by atoms with van der Waals surface area (Å²) in [6, 6.07) is 9.55. The molecule has 0 spiro atoms.